The SMILES string of the molecule is COc1ccc(Cn2cnc3ccc(-c4ccc(CNCCN)cc4)cc32)cc1. The maximum absolute atomic E-state index is 5.53. The second kappa shape index (κ2) is 8.90. The first-order chi connectivity index (χ1) is 14.3. The molecule has 0 aliphatic heterocycles. The summed E-state index contributed by atoms with van der Waals surface area (Å²) in [5, 5.41) is 3.32. The number of fused-ring (bicyclic) bond motifs is 1. The minimum atomic E-state index is 0.655. The number of methoxy groups -OCH3 is 1. The van der Waals surface area contributed by atoms with Gasteiger partial charge in [-0.1, -0.05) is 42.5 Å². The average molecular weight is 386 g/mol. The van der Waals surface area contributed by atoms with Crippen LogP contribution >= 0.6 is 0 Å². The fraction of sp³-hybridized carbons (Fsp3) is 0.208. The lowest BCUT2D eigenvalue weighted by Gasteiger charge is -2.08. The maximum atomic E-state index is 5.53. The Kier molecular flexibility index (Phi) is 5.89. The molecule has 0 radical (unpaired) electrons. The number of nitrogens with zero attached hydrogens (tertiary/aromatic N) is 2. The number of nitrogens with two attached hydrogens (primary N) is 1. The van der Waals surface area contributed by atoms with Gasteiger partial charge in [-0.2, -0.15) is 0 Å². The van der Waals surface area contributed by atoms with E-state index in [4.69, 9.17) is 10.5 Å². The Morgan fingerprint density at radius 2 is 1.66 bits per heavy atom. The quantitative estimate of drug-likeness (QED) is 0.452. The highest BCUT2D eigenvalue weighted by atomic mass is 16.5. The number of aromatic nitrogens is 2. The highest BCUT2D eigenvalue weighted by molar-refractivity contribution is 5.82. The van der Waals surface area contributed by atoms with Gasteiger partial charge >= 0.3 is 0 Å². The zero-order chi connectivity index (χ0) is 20.1. The van der Waals surface area contributed by atoms with Crippen LogP contribution in [0, 0.1) is 0 Å². The molecule has 0 aliphatic carbocycles. The molecule has 29 heavy (non-hydrogen) atoms. The van der Waals surface area contributed by atoms with Crippen LogP contribution in [0.15, 0.2) is 73.1 Å². The smallest absolute Gasteiger partial charge is 0.118 e. The highest BCUT2D eigenvalue weighted by Gasteiger charge is 2.07. The fourth-order valence-corrected chi connectivity index (χ4v) is 3.44. The van der Waals surface area contributed by atoms with E-state index >= 15 is 0 Å². The minimum Gasteiger partial charge on any atom is -0.497 e. The molecule has 0 amide bonds. The van der Waals surface area contributed by atoms with Crippen molar-refractivity contribution in [2.45, 2.75) is 13.1 Å². The maximum Gasteiger partial charge on any atom is 0.118 e. The molecule has 0 saturated heterocycles. The van der Waals surface area contributed by atoms with Crippen molar-refractivity contribution in [1.29, 1.82) is 0 Å². The Morgan fingerprint density at radius 1 is 0.931 bits per heavy atom. The van der Waals surface area contributed by atoms with Crippen LogP contribution in [-0.4, -0.2) is 29.8 Å². The Balaban J connectivity index is 1.56. The van der Waals surface area contributed by atoms with Gasteiger partial charge in [-0.15, -0.1) is 0 Å². The second-order valence-electron chi connectivity index (χ2n) is 7.09. The Morgan fingerprint density at radius 3 is 2.38 bits per heavy atom. The van der Waals surface area contributed by atoms with Crippen molar-refractivity contribution in [3.8, 4) is 16.9 Å². The Bertz CT molecular complexity index is 1070. The standard InChI is InChI=1S/C24H26N4O/c1-29-22-9-4-19(5-10-22)16-28-17-27-23-11-8-21(14-24(23)28)20-6-2-18(3-7-20)15-26-13-12-25/h2-11,14,17,26H,12-13,15-16,25H2,1H3. The normalized spacial score (nSPS) is 11.1. The van der Waals surface area contributed by atoms with Gasteiger partial charge in [-0.3, -0.25) is 0 Å². The lowest BCUT2D eigenvalue weighted by Crippen LogP contribution is -2.21. The van der Waals surface area contributed by atoms with Gasteiger partial charge in [-0.05, 0) is 46.5 Å². The monoisotopic (exact) mass is 386 g/mol. The Hall–Kier alpha value is -3.15. The van der Waals surface area contributed by atoms with E-state index in [0.717, 1.165) is 36.4 Å². The predicted molar refractivity (Wildman–Crippen MR) is 118 cm³/mol. The topological polar surface area (TPSA) is 65.1 Å². The number of ether oxygens (including phenoxy) is 1. The van der Waals surface area contributed by atoms with E-state index in [1.54, 1.807) is 7.11 Å². The number of benzene rings is 3. The highest BCUT2D eigenvalue weighted by Crippen LogP contribution is 2.25. The summed E-state index contributed by atoms with van der Waals surface area (Å²) in [6.07, 6.45) is 1.91. The van der Waals surface area contributed by atoms with E-state index in [-0.39, 0.29) is 0 Å². The van der Waals surface area contributed by atoms with Crippen LogP contribution in [0.2, 0.25) is 0 Å². The van der Waals surface area contributed by atoms with Crippen molar-refractivity contribution in [2.75, 3.05) is 20.2 Å². The lowest BCUT2D eigenvalue weighted by molar-refractivity contribution is 0.414. The minimum absolute atomic E-state index is 0.655. The van der Waals surface area contributed by atoms with Gasteiger partial charge in [-0.25, -0.2) is 4.98 Å². The van der Waals surface area contributed by atoms with E-state index < -0.39 is 0 Å². The third-order valence-corrected chi connectivity index (χ3v) is 5.07. The van der Waals surface area contributed by atoms with E-state index in [1.807, 2.05) is 18.5 Å². The number of rotatable bonds is 8. The van der Waals surface area contributed by atoms with Crippen LogP contribution < -0.4 is 15.8 Å². The molecule has 3 N–H and O–H groups in total. The number of nitrogens with one attached hydrogen (secondary N) is 1. The van der Waals surface area contributed by atoms with Crippen molar-refractivity contribution in [3.05, 3.63) is 84.2 Å². The van der Waals surface area contributed by atoms with Gasteiger partial charge in [0.1, 0.15) is 5.75 Å². The summed E-state index contributed by atoms with van der Waals surface area (Å²) < 4.78 is 7.43. The van der Waals surface area contributed by atoms with Crippen molar-refractivity contribution >= 4 is 11.0 Å². The van der Waals surface area contributed by atoms with Gasteiger partial charge in [0.25, 0.3) is 0 Å². The summed E-state index contributed by atoms with van der Waals surface area (Å²) in [7, 11) is 1.68. The van der Waals surface area contributed by atoms with Crippen molar-refractivity contribution < 1.29 is 4.74 Å². The summed E-state index contributed by atoms with van der Waals surface area (Å²) >= 11 is 0. The molecule has 0 bridgehead atoms. The molecule has 4 rings (SSSR count). The van der Waals surface area contributed by atoms with Crippen LogP contribution in [0.1, 0.15) is 11.1 Å². The molecular formula is C24H26N4O. The molecular weight excluding hydrogens is 360 g/mol. The van der Waals surface area contributed by atoms with Crippen molar-refractivity contribution in [1.82, 2.24) is 14.9 Å². The summed E-state index contributed by atoms with van der Waals surface area (Å²) in [6, 6.07) is 23.3. The van der Waals surface area contributed by atoms with Crippen LogP contribution in [0.3, 0.4) is 0 Å². The number of hydrogen-bond acceptors (Lipinski definition) is 4. The lowest BCUT2D eigenvalue weighted by atomic mass is 10.0. The molecule has 0 saturated carbocycles. The van der Waals surface area contributed by atoms with E-state index in [2.05, 4.69) is 69.5 Å². The molecule has 3 aromatic carbocycles. The van der Waals surface area contributed by atoms with Crippen LogP contribution in [0.25, 0.3) is 22.2 Å². The molecule has 148 valence electrons. The molecule has 0 spiro atoms. The average Bonchev–Trinajstić information content (AvgIpc) is 3.17. The van der Waals surface area contributed by atoms with E-state index in [1.165, 1.54) is 22.3 Å². The number of hydrogen-bond donors (Lipinski definition) is 2. The first-order valence-electron chi connectivity index (χ1n) is 9.85. The van der Waals surface area contributed by atoms with Crippen LogP contribution in [0.4, 0.5) is 0 Å². The van der Waals surface area contributed by atoms with Crippen molar-refractivity contribution in [3.63, 3.8) is 0 Å². The second-order valence-corrected chi connectivity index (χ2v) is 7.09. The predicted octanol–water partition coefficient (Wildman–Crippen LogP) is 3.81. The number of imidazole rings is 1. The van der Waals surface area contributed by atoms with Gasteiger partial charge in [0.15, 0.2) is 0 Å². The van der Waals surface area contributed by atoms with Crippen molar-refractivity contribution in [2.24, 2.45) is 5.73 Å². The zero-order valence-corrected chi connectivity index (χ0v) is 16.6. The molecule has 5 nitrogen and oxygen atoms in total. The molecule has 1 aromatic heterocycles. The van der Waals surface area contributed by atoms with Gasteiger partial charge in [0, 0.05) is 26.2 Å². The van der Waals surface area contributed by atoms with E-state index in [9.17, 15) is 0 Å². The Labute approximate surface area is 171 Å². The van der Waals surface area contributed by atoms with Crippen LogP contribution in [0.5, 0.6) is 5.75 Å². The molecule has 0 fully saturated rings. The molecule has 4 aromatic rings. The largest absolute Gasteiger partial charge is 0.497 e. The molecule has 1 heterocycles. The summed E-state index contributed by atoms with van der Waals surface area (Å²) in [5.74, 6) is 0.869. The molecule has 0 aliphatic rings. The first-order valence-corrected chi connectivity index (χ1v) is 9.85. The summed E-state index contributed by atoms with van der Waals surface area (Å²) in [5.41, 5.74) is 12.5. The van der Waals surface area contributed by atoms with Gasteiger partial charge in [0.2, 0.25) is 0 Å². The zero-order valence-electron chi connectivity index (χ0n) is 16.6. The third-order valence-electron chi connectivity index (χ3n) is 5.07. The fourth-order valence-electron chi connectivity index (χ4n) is 3.44. The summed E-state index contributed by atoms with van der Waals surface area (Å²) in [4.78, 5) is 4.56. The molecule has 5 heteroatoms. The first kappa shape index (κ1) is 19.2. The van der Waals surface area contributed by atoms with Crippen LogP contribution in [-0.2, 0) is 13.1 Å². The summed E-state index contributed by atoms with van der Waals surface area (Å²) in [6.45, 7) is 3.10. The third kappa shape index (κ3) is 4.47. The molecule has 0 atom stereocenters. The van der Waals surface area contributed by atoms with E-state index in [0.29, 0.717) is 6.54 Å². The van der Waals surface area contributed by atoms with Gasteiger partial charge < -0.3 is 20.4 Å². The van der Waals surface area contributed by atoms with Gasteiger partial charge in [0.05, 0.1) is 24.5 Å². The molecule has 0 unspecified atom stereocenters.